The number of hydrogen-bond acceptors (Lipinski definition) is 3. The Morgan fingerprint density at radius 1 is 1.29 bits per heavy atom. The van der Waals surface area contributed by atoms with Crippen LogP contribution in [0.15, 0.2) is 12.2 Å². The molecule has 3 aliphatic rings. The van der Waals surface area contributed by atoms with Gasteiger partial charge in [0, 0.05) is 19.1 Å². The number of aliphatic carboxylic acids is 1. The Balaban J connectivity index is 1.60. The molecular formula is C16H23NO4. The molecule has 0 radical (unpaired) electrons. The molecule has 0 spiro atoms. The Labute approximate surface area is 124 Å². The van der Waals surface area contributed by atoms with E-state index in [1.165, 1.54) is 0 Å². The molecular weight excluding hydrogens is 270 g/mol. The van der Waals surface area contributed by atoms with Crippen molar-refractivity contribution in [1.29, 1.82) is 0 Å². The Hall–Kier alpha value is -1.36. The highest BCUT2D eigenvalue weighted by molar-refractivity contribution is 5.86. The molecule has 1 aliphatic heterocycles. The van der Waals surface area contributed by atoms with Crippen LogP contribution in [-0.4, -0.2) is 36.2 Å². The van der Waals surface area contributed by atoms with Crippen LogP contribution in [0.25, 0.3) is 0 Å². The van der Waals surface area contributed by atoms with Crippen molar-refractivity contribution in [2.75, 3.05) is 13.2 Å². The third-order valence-corrected chi connectivity index (χ3v) is 5.33. The fourth-order valence-electron chi connectivity index (χ4n) is 4.24. The SMILES string of the molecule is CCC1OCCC1CNC(=O)[C@H]1C2C=CC(C2)[C@H]1C(=O)O. The quantitative estimate of drug-likeness (QED) is 0.752. The van der Waals surface area contributed by atoms with Gasteiger partial charge in [0.05, 0.1) is 17.9 Å². The maximum absolute atomic E-state index is 12.5. The summed E-state index contributed by atoms with van der Waals surface area (Å²) in [6, 6.07) is 0. The van der Waals surface area contributed by atoms with Gasteiger partial charge in [-0.2, -0.15) is 0 Å². The monoisotopic (exact) mass is 293 g/mol. The third kappa shape index (κ3) is 2.59. The summed E-state index contributed by atoms with van der Waals surface area (Å²) in [6.45, 7) is 3.45. The summed E-state index contributed by atoms with van der Waals surface area (Å²) >= 11 is 0. The zero-order valence-electron chi connectivity index (χ0n) is 12.3. The first-order valence-electron chi connectivity index (χ1n) is 7.92. The normalized spacial score (nSPS) is 40.6. The van der Waals surface area contributed by atoms with Crippen molar-refractivity contribution >= 4 is 11.9 Å². The summed E-state index contributed by atoms with van der Waals surface area (Å²) < 4.78 is 5.62. The minimum absolute atomic E-state index is 0.0291. The summed E-state index contributed by atoms with van der Waals surface area (Å²) in [6.07, 6.45) is 6.93. The Bertz CT molecular complexity index is 461. The predicted molar refractivity (Wildman–Crippen MR) is 76.5 cm³/mol. The van der Waals surface area contributed by atoms with Crippen molar-refractivity contribution in [3.05, 3.63) is 12.2 Å². The fourth-order valence-corrected chi connectivity index (χ4v) is 4.24. The van der Waals surface area contributed by atoms with E-state index in [0.29, 0.717) is 12.5 Å². The number of carboxylic acids is 1. The Morgan fingerprint density at radius 3 is 2.67 bits per heavy atom. The number of ether oxygens (including phenoxy) is 1. The second-order valence-electron chi connectivity index (χ2n) is 6.45. The van der Waals surface area contributed by atoms with Crippen LogP contribution in [0.4, 0.5) is 0 Å². The Morgan fingerprint density at radius 2 is 2.00 bits per heavy atom. The molecule has 1 saturated heterocycles. The van der Waals surface area contributed by atoms with Crippen LogP contribution in [0.2, 0.25) is 0 Å². The van der Waals surface area contributed by atoms with Crippen molar-refractivity contribution in [1.82, 2.24) is 5.32 Å². The zero-order valence-corrected chi connectivity index (χ0v) is 12.3. The minimum Gasteiger partial charge on any atom is -0.481 e. The molecule has 1 heterocycles. The number of allylic oxidation sites excluding steroid dienone is 2. The van der Waals surface area contributed by atoms with Crippen molar-refractivity contribution in [2.24, 2.45) is 29.6 Å². The first-order valence-corrected chi connectivity index (χ1v) is 7.92. The van der Waals surface area contributed by atoms with Gasteiger partial charge < -0.3 is 15.2 Å². The van der Waals surface area contributed by atoms with E-state index in [1.54, 1.807) is 0 Å². The molecule has 0 aromatic carbocycles. The maximum Gasteiger partial charge on any atom is 0.307 e. The lowest BCUT2D eigenvalue weighted by molar-refractivity contribution is -0.147. The van der Waals surface area contributed by atoms with Crippen LogP contribution < -0.4 is 5.32 Å². The molecule has 1 amide bonds. The number of nitrogens with one attached hydrogen (secondary N) is 1. The summed E-state index contributed by atoms with van der Waals surface area (Å²) in [5.74, 6) is -1.42. The van der Waals surface area contributed by atoms with E-state index in [2.05, 4.69) is 12.2 Å². The van der Waals surface area contributed by atoms with Gasteiger partial charge in [0.1, 0.15) is 0 Å². The van der Waals surface area contributed by atoms with Crippen LogP contribution in [0.1, 0.15) is 26.2 Å². The molecule has 0 aromatic heterocycles. The van der Waals surface area contributed by atoms with Gasteiger partial charge in [-0.05, 0) is 31.1 Å². The maximum atomic E-state index is 12.5. The highest BCUT2D eigenvalue weighted by atomic mass is 16.5. The van der Waals surface area contributed by atoms with Crippen molar-refractivity contribution in [2.45, 2.75) is 32.3 Å². The van der Waals surface area contributed by atoms with E-state index in [9.17, 15) is 14.7 Å². The van der Waals surface area contributed by atoms with Crippen LogP contribution in [-0.2, 0) is 14.3 Å². The summed E-state index contributed by atoms with van der Waals surface area (Å²) in [5.41, 5.74) is 0. The molecule has 116 valence electrons. The molecule has 2 aliphatic carbocycles. The van der Waals surface area contributed by atoms with Crippen LogP contribution in [0.5, 0.6) is 0 Å². The average Bonchev–Trinajstić information content (AvgIpc) is 3.18. The van der Waals surface area contributed by atoms with E-state index in [-0.39, 0.29) is 23.8 Å². The van der Waals surface area contributed by atoms with Crippen LogP contribution >= 0.6 is 0 Å². The highest BCUT2D eigenvalue weighted by Gasteiger charge is 2.51. The van der Waals surface area contributed by atoms with Gasteiger partial charge in [-0.15, -0.1) is 0 Å². The first kappa shape index (κ1) is 14.6. The number of carbonyl (C=O) groups excluding carboxylic acids is 1. The lowest BCUT2D eigenvalue weighted by Crippen LogP contribution is -2.42. The van der Waals surface area contributed by atoms with Gasteiger partial charge in [0.15, 0.2) is 0 Å². The van der Waals surface area contributed by atoms with E-state index < -0.39 is 17.8 Å². The molecule has 5 heteroatoms. The van der Waals surface area contributed by atoms with E-state index >= 15 is 0 Å². The van der Waals surface area contributed by atoms with Crippen LogP contribution in [0, 0.1) is 29.6 Å². The van der Waals surface area contributed by atoms with Crippen LogP contribution in [0.3, 0.4) is 0 Å². The van der Waals surface area contributed by atoms with E-state index in [1.807, 2.05) is 12.2 Å². The summed E-state index contributed by atoms with van der Waals surface area (Å²) in [5, 5.41) is 12.4. The Kier molecular flexibility index (Phi) is 4.02. The van der Waals surface area contributed by atoms with Crippen molar-refractivity contribution in [3.8, 4) is 0 Å². The smallest absolute Gasteiger partial charge is 0.307 e. The van der Waals surface area contributed by atoms with Crippen molar-refractivity contribution in [3.63, 3.8) is 0 Å². The van der Waals surface area contributed by atoms with Gasteiger partial charge in [-0.25, -0.2) is 0 Å². The number of carbonyl (C=O) groups is 2. The molecule has 6 atom stereocenters. The van der Waals surface area contributed by atoms with Gasteiger partial charge in [-0.3, -0.25) is 9.59 Å². The lowest BCUT2D eigenvalue weighted by atomic mass is 9.82. The molecule has 3 rings (SSSR count). The van der Waals surface area contributed by atoms with Crippen molar-refractivity contribution < 1.29 is 19.4 Å². The topological polar surface area (TPSA) is 75.6 Å². The third-order valence-electron chi connectivity index (χ3n) is 5.33. The number of carboxylic acid groups (broad SMARTS) is 1. The van der Waals surface area contributed by atoms with Gasteiger partial charge >= 0.3 is 5.97 Å². The first-order chi connectivity index (χ1) is 10.1. The number of amides is 1. The lowest BCUT2D eigenvalue weighted by Gasteiger charge is -2.25. The molecule has 2 bridgehead atoms. The molecule has 21 heavy (non-hydrogen) atoms. The zero-order chi connectivity index (χ0) is 15.0. The second kappa shape index (κ2) is 5.79. The molecule has 4 unspecified atom stereocenters. The van der Waals surface area contributed by atoms with Gasteiger partial charge in [0.25, 0.3) is 0 Å². The summed E-state index contributed by atoms with van der Waals surface area (Å²) in [7, 11) is 0. The molecule has 0 aromatic rings. The number of rotatable bonds is 5. The fraction of sp³-hybridized carbons (Fsp3) is 0.750. The van der Waals surface area contributed by atoms with Gasteiger partial charge in [-0.1, -0.05) is 19.1 Å². The standard InChI is InChI=1S/C16H23NO4/c1-2-12-11(5-6-21-12)8-17-15(18)13-9-3-4-10(7-9)14(13)16(19)20/h3-4,9-14H,2,5-8H2,1H3,(H,17,18)(H,19,20)/t9?,10?,11?,12?,13-,14+/m0/s1. The number of hydrogen-bond donors (Lipinski definition) is 2. The molecule has 2 N–H and O–H groups in total. The molecule has 1 saturated carbocycles. The van der Waals surface area contributed by atoms with E-state index in [0.717, 1.165) is 25.9 Å². The average molecular weight is 293 g/mol. The molecule has 2 fully saturated rings. The van der Waals surface area contributed by atoms with E-state index in [4.69, 9.17) is 4.74 Å². The predicted octanol–water partition coefficient (Wildman–Crippen LogP) is 1.44. The number of fused-ring (bicyclic) bond motifs is 2. The largest absolute Gasteiger partial charge is 0.481 e. The second-order valence-corrected chi connectivity index (χ2v) is 6.45. The molecule has 5 nitrogen and oxygen atoms in total. The van der Waals surface area contributed by atoms with Gasteiger partial charge in [0.2, 0.25) is 5.91 Å². The summed E-state index contributed by atoms with van der Waals surface area (Å²) in [4.78, 5) is 23.9. The highest BCUT2D eigenvalue weighted by Crippen LogP contribution is 2.48. The minimum atomic E-state index is -0.845.